The first kappa shape index (κ1) is 22.5. The molecule has 1 saturated heterocycles. The Morgan fingerprint density at radius 3 is 2.39 bits per heavy atom. The van der Waals surface area contributed by atoms with E-state index in [2.05, 4.69) is 11.9 Å². The van der Waals surface area contributed by atoms with Crippen molar-refractivity contribution in [1.29, 1.82) is 0 Å². The van der Waals surface area contributed by atoms with Crippen molar-refractivity contribution in [3.63, 3.8) is 0 Å². The number of nitrogens with zero attached hydrogens (tertiary/aromatic N) is 4. The Morgan fingerprint density at radius 2 is 1.67 bits per heavy atom. The van der Waals surface area contributed by atoms with Gasteiger partial charge in [-0.3, -0.25) is 9.80 Å². The van der Waals surface area contributed by atoms with Gasteiger partial charge in [-0.2, -0.15) is 9.83 Å². The summed E-state index contributed by atoms with van der Waals surface area (Å²) in [5.41, 5.74) is 2.82. The summed E-state index contributed by atoms with van der Waals surface area (Å²) in [5, 5.41) is 20.0. The van der Waals surface area contributed by atoms with Crippen molar-refractivity contribution >= 4 is 51.4 Å². The number of fused-ring (bicyclic) bond motifs is 2. The third-order valence-electron chi connectivity index (χ3n) is 6.51. The van der Waals surface area contributed by atoms with Crippen molar-refractivity contribution in [3.05, 3.63) is 78.5 Å². The summed E-state index contributed by atoms with van der Waals surface area (Å²) in [5.74, 6) is -0.0592. The molecule has 3 aromatic rings. The minimum Gasteiger partial charge on any atom is -0.428 e. The third kappa shape index (κ3) is 4.21. The number of hydrogen-bond donors (Lipinski definition) is 1. The molecule has 1 fully saturated rings. The average Bonchev–Trinajstić information content (AvgIpc) is 2.78. The van der Waals surface area contributed by atoms with Crippen LogP contribution in [0.1, 0.15) is 29.2 Å². The highest BCUT2D eigenvalue weighted by Crippen LogP contribution is 2.37. The smallest absolute Gasteiger partial charge is 0.199 e. The normalized spacial score (nSPS) is 20.4. The number of piperazine rings is 1. The third-order valence-corrected chi connectivity index (χ3v) is 7.31. The largest absolute Gasteiger partial charge is 0.428 e. The van der Waals surface area contributed by atoms with Crippen molar-refractivity contribution in [1.82, 2.24) is 14.6 Å². The summed E-state index contributed by atoms with van der Waals surface area (Å²) in [7, 11) is 2.08. The molecule has 1 atom stereocenters. The number of benzene rings is 2. The van der Waals surface area contributed by atoms with Crippen LogP contribution in [0.5, 0.6) is 0 Å². The molecule has 2 aliphatic rings. The second-order valence-corrected chi connectivity index (χ2v) is 9.98. The van der Waals surface area contributed by atoms with E-state index in [0.717, 1.165) is 36.5 Å². The number of rotatable bonds is 2. The van der Waals surface area contributed by atoms with Crippen LogP contribution >= 0.6 is 34.8 Å². The standard InChI is InChI=1S/C24H23Cl3N4O2/c1-29-6-8-30(9-7-29)28-20-10-14(17-4-2-16(26)13-19(17)27)11-22-23(20)24(32)18-12-15(25)3-5-21(18)31(22)33/h2-5,12-14,33H,6-11H2,1H3/b28-20-. The molecule has 0 radical (unpaired) electrons. The van der Waals surface area contributed by atoms with Crippen LogP contribution in [-0.2, 0) is 6.42 Å². The van der Waals surface area contributed by atoms with E-state index in [4.69, 9.17) is 39.9 Å². The fourth-order valence-corrected chi connectivity index (χ4v) is 5.46. The molecule has 1 N–H and O–H groups in total. The minimum absolute atomic E-state index is 0.0592. The molecular weight excluding hydrogens is 483 g/mol. The Bertz CT molecular complexity index is 1330. The van der Waals surface area contributed by atoms with Gasteiger partial charge in [0.05, 0.1) is 27.9 Å². The number of hydrogen-bond acceptors (Lipinski definition) is 5. The van der Waals surface area contributed by atoms with Gasteiger partial charge in [0, 0.05) is 41.2 Å². The van der Waals surface area contributed by atoms with Crippen LogP contribution in [0.3, 0.4) is 0 Å². The second kappa shape index (κ2) is 8.84. The van der Waals surface area contributed by atoms with Gasteiger partial charge in [-0.15, -0.1) is 0 Å². The number of halogens is 3. The molecule has 33 heavy (non-hydrogen) atoms. The quantitative estimate of drug-likeness (QED) is 0.504. The maximum Gasteiger partial charge on any atom is 0.199 e. The molecule has 0 amide bonds. The number of aromatic nitrogens is 1. The van der Waals surface area contributed by atoms with Crippen LogP contribution in [0.4, 0.5) is 0 Å². The first-order valence-corrected chi connectivity index (χ1v) is 12.0. The van der Waals surface area contributed by atoms with E-state index in [1.54, 1.807) is 24.3 Å². The first-order chi connectivity index (χ1) is 15.8. The van der Waals surface area contributed by atoms with Gasteiger partial charge >= 0.3 is 0 Å². The Balaban J connectivity index is 1.69. The van der Waals surface area contributed by atoms with Gasteiger partial charge in [0.25, 0.3) is 0 Å². The number of likely N-dealkylation sites (N-methyl/N-ethyl adjacent to an activating group) is 1. The molecule has 1 aliphatic heterocycles. The highest BCUT2D eigenvalue weighted by atomic mass is 35.5. The average molecular weight is 506 g/mol. The van der Waals surface area contributed by atoms with Crippen LogP contribution in [-0.4, -0.2) is 58.8 Å². The minimum atomic E-state index is -0.165. The summed E-state index contributed by atoms with van der Waals surface area (Å²) in [6.45, 7) is 3.34. The maximum absolute atomic E-state index is 13.6. The fourth-order valence-electron chi connectivity index (χ4n) is 4.73. The van der Waals surface area contributed by atoms with Crippen molar-refractivity contribution in [2.75, 3.05) is 33.2 Å². The van der Waals surface area contributed by atoms with Crippen LogP contribution in [0.15, 0.2) is 46.3 Å². The van der Waals surface area contributed by atoms with Gasteiger partial charge in [0.15, 0.2) is 5.43 Å². The maximum atomic E-state index is 13.6. The fraction of sp³-hybridized carbons (Fsp3) is 0.333. The molecule has 1 unspecified atom stereocenters. The van der Waals surface area contributed by atoms with Crippen molar-refractivity contribution in [2.24, 2.45) is 5.10 Å². The molecule has 0 saturated carbocycles. The highest BCUT2D eigenvalue weighted by Gasteiger charge is 2.32. The Hall–Kier alpha value is -2.25. The molecule has 172 valence electrons. The van der Waals surface area contributed by atoms with Gasteiger partial charge in [-0.1, -0.05) is 40.9 Å². The predicted octanol–water partition coefficient (Wildman–Crippen LogP) is 4.88. The lowest BCUT2D eigenvalue weighted by Crippen LogP contribution is -2.43. The molecule has 0 bridgehead atoms. The molecule has 2 aromatic carbocycles. The van der Waals surface area contributed by atoms with Gasteiger partial charge < -0.3 is 10.1 Å². The van der Waals surface area contributed by atoms with E-state index in [9.17, 15) is 10.0 Å². The molecule has 6 nitrogen and oxygen atoms in total. The molecule has 1 aromatic heterocycles. The van der Waals surface area contributed by atoms with Crippen LogP contribution < -0.4 is 5.43 Å². The zero-order chi connectivity index (χ0) is 23.3. The SMILES string of the molecule is CN1CCN(/N=C2/CC(c3ccc(Cl)cc3Cl)Cc3c2c(=O)c2cc(Cl)ccc2n3O)CC1. The van der Waals surface area contributed by atoms with Crippen LogP contribution in [0.2, 0.25) is 15.1 Å². The molecule has 1 aliphatic carbocycles. The topological polar surface area (TPSA) is 61.1 Å². The summed E-state index contributed by atoms with van der Waals surface area (Å²) < 4.78 is 1.11. The lowest BCUT2D eigenvalue weighted by Gasteiger charge is -2.33. The van der Waals surface area contributed by atoms with Gasteiger partial charge in [0.2, 0.25) is 0 Å². The molecule has 9 heteroatoms. The van der Waals surface area contributed by atoms with Gasteiger partial charge in [0.1, 0.15) is 0 Å². The summed E-state index contributed by atoms with van der Waals surface area (Å²) in [4.78, 5) is 15.9. The van der Waals surface area contributed by atoms with E-state index in [0.29, 0.717) is 55.8 Å². The van der Waals surface area contributed by atoms with Gasteiger partial charge in [-0.05, 0) is 61.7 Å². The Labute approximate surface area is 206 Å². The summed E-state index contributed by atoms with van der Waals surface area (Å²) in [6, 6.07) is 10.4. The van der Waals surface area contributed by atoms with E-state index >= 15 is 0 Å². The summed E-state index contributed by atoms with van der Waals surface area (Å²) >= 11 is 18.8. The number of hydrazone groups is 1. The number of pyridine rings is 1. The van der Waals surface area contributed by atoms with E-state index in [1.165, 1.54) is 0 Å². The Kier molecular flexibility index (Phi) is 6.04. The van der Waals surface area contributed by atoms with E-state index < -0.39 is 0 Å². The van der Waals surface area contributed by atoms with Crippen LogP contribution in [0.25, 0.3) is 10.9 Å². The Morgan fingerprint density at radius 1 is 0.970 bits per heavy atom. The van der Waals surface area contributed by atoms with E-state index in [1.807, 2.05) is 17.1 Å². The second-order valence-electron chi connectivity index (χ2n) is 8.70. The zero-order valence-corrected chi connectivity index (χ0v) is 20.3. The first-order valence-electron chi connectivity index (χ1n) is 10.8. The summed E-state index contributed by atoms with van der Waals surface area (Å²) in [6.07, 6.45) is 0.977. The lowest BCUT2D eigenvalue weighted by atomic mass is 9.80. The van der Waals surface area contributed by atoms with Crippen molar-refractivity contribution in [3.8, 4) is 0 Å². The zero-order valence-electron chi connectivity index (χ0n) is 18.1. The highest BCUT2D eigenvalue weighted by molar-refractivity contribution is 6.35. The molecule has 2 heterocycles. The van der Waals surface area contributed by atoms with E-state index in [-0.39, 0.29) is 11.3 Å². The van der Waals surface area contributed by atoms with Crippen molar-refractivity contribution < 1.29 is 5.21 Å². The van der Waals surface area contributed by atoms with Crippen LogP contribution in [0, 0.1) is 0 Å². The predicted molar refractivity (Wildman–Crippen MR) is 134 cm³/mol. The molecular formula is C24H23Cl3N4O2. The molecule has 0 spiro atoms. The monoisotopic (exact) mass is 504 g/mol. The lowest BCUT2D eigenvalue weighted by molar-refractivity contribution is 0.158. The van der Waals surface area contributed by atoms with Crippen molar-refractivity contribution in [2.45, 2.75) is 18.8 Å². The van der Waals surface area contributed by atoms with Gasteiger partial charge in [-0.25, -0.2) is 0 Å². The molecule has 5 rings (SSSR count).